The largest absolute Gasteiger partial charge is 0.457 e. The Morgan fingerprint density at radius 3 is 2.76 bits per heavy atom. The zero-order valence-electron chi connectivity index (χ0n) is 11.4. The van der Waals surface area contributed by atoms with Crippen LogP contribution in [0.3, 0.4) is 0 Å². The molecule has 0 aliphatic carbocycles. The van der Waals surface area contributed by atoms with Gasteiger partial charge in [-0.3, -0.25) is 0 Å². The fourth-order valence-corrected chi connectivity index (χ4v) is 1.89. The maximum atomic E-state index is 13.6. The molecule has 0 saturated heterocycles. The minimum absolute atomic E-state index is 0.162. The minimum Gasteiger partial charge on any atom is -0.457 e. The van der Waals surface area contributed by atoms with Gasteiger partial charge in [-0.05, 0) is 48.9 Å². The maximum absolute atomic E-state index is 13.6. The number of carbonyl (C=O) groups excluding carboxylic acids is 1. The molecule has 2 aromatic rings. The standard InChI is InChI=1S/C16H13FN2O2/c1-10-6-13(19)3-4-14(10)16(20)21-9-12-7-11(8-18)2-5-15(12)17/h2-7H,9,19H2,1H3. The van der Waals surface area contributed by atoms with Gasteiger partial charge in [0.2, 0.25) is 0 Å². The highest BCUT2D eigenvalue weighted by Crippen LogP contribution is 2.16. The van der Waals surface area contributed by atoms with E-state index in [0.29, 0.717) is 22.4 Å². The van der Waals surface area contributed by atoms with Crippen molar-refractivity contribution < 1.29 is 13.9 Å². The van der Waals surface area contributed by atoms with Gasteiger partial charge < -0.3 is 10.5 Å². The van der Waals surface area contributed by atoms with Crippen LogP contribution < -0.4 is 5.73 Å². The first kappa shape index (κ1) is 14.5. The highest BCUT2D eigenvalue weighted by atomic mass is 19.1. The topological polar surface area (TPSA) is 76.1 Å². The molecule has 0 spiro atoms. The van der Waals surface area contributed by atoms with E-state index in [4.69, 9.17) is 15.7 Å². The van der Waals surface area contributed by atoms with Gasteiger partial charge >= 0.3 is 5.97 Å². The molecule has 4 nitrogen and oxygen atoms in total. The fraction of sp³-hybridized carbons (Fsp3) is 0.125. The van der Waals surface area contributed by atoms with E-state index in [-0.39, 0.29) is 12.2 Å². The number of benzene rings is 2. The van der Waals surface area contributed by atoms with Crippen LogP contribution in [0.15, 0.2) is 36.4 Å². The molecule has 0 saturated carbocycles. The van der Waals surface area contributed by atoms with E-state index in [1.54, 1.807) is 25.1 Å². The Bertz CT molecular complexity index is 736. The second-order valence-corrected chi connectivity index (χ2v) is 4.57. The Hall–Kier alpha value is -2.87. The summed E-state index contributed by atoms with van der Waals surface area (Å²) in [6, 6.07) is 10.6. The molecule has 0 amide bonds. The van der Waals surface area contributed by atoms with E-state index in [0.717, 1.165) is 0 Å². The summed E-state index contributed by atoms with van der Waals surface area (Å²) >= 11 is 0. The van der Waals surface area contributed by atoms with Crippen LogP contribution in [0.25, 0.3) is 0 Å². The van der Waals surface area contributed by atoms with Crippen LogP contribution in [0.1, 0.15) is 27.0 Å². The monoisotopic (exact) mass is 284 g/mol. The summed E-state index contributed by atoms with van der Waals surface area (Å²) in [5, 5.41) is 8.78. The number of nitrogens with zero attached hydrogens (tertiary/aromatic N) is 1. The van der Waals surface area contributed by atoms with Crippen LogP contribution in [0.5, 0.6) is 0 Å². The summed E-state index contributed by atoms with van der Waals surface area (Å²) in [5.41, 5.74) is 7.70. The van der Waals surface area contributed by atoms with Crippen LogP contribution in [0.2, 0.25) is 0 Å². The molecule has 0 atom stereocenters. The molecule has 0 radical (unpaired) electrons. The van der Waals surface area contributed by atoms with Crippen molar-refractivity contribution in [3.63, 3.8) is 0 Å². The molecule has 2 aromatic carbocycles. The van der Waals surface area contributed by atoms with Gasteiger partial charge in [0, 0.05) is 11.3 Å². The molecule has 2 rings (SSSR count). The summed E-state index contributed by atoms with van der Waals surface area (Å²) < 4.78 is 18.7. The number of rotatable bonds is 3. The molecule has 0 bridgehead atoms. The van der Waals surface area contributed by atoms with Gasteiger partial charge in [-0.25, -0.2) is 9.18 Å². The molecule has 0 heterocycles. The molecule has 0 aliphatic heterocycles. The number of hydrogen-bond acceptors (Lipinski definition) is 4. The lowest BCUT2D eigenvalue weighted by Gasteiger charge is -2.08. The van der Waals surface area contributed by atoms with Crippen molar-refractivity contribution >= 4 is 11.7 Å². The second-order valence-electron chi connectivity index (χ2n) is 4.57. The quantitative estimate of drug-likeness (QED) is 0.694. The van der Waals surface area contributed by atoms with E-state index in [1.807, 2.05) is 6.07 Å². The van der Waals surface area contributed by atoms with Gasteiger partial charge in [0.15, 0.2) is 0 Å². The first-order chi connectivity index (χ1) is 10.0. The first-order valence-corrected chi connectivity index (χ1v) is 6.23. The van der Waals surface area contributed by atoms with Crippen molar-refractivity contribution in [3.05, 3.63) is 64.5 Å². The number of nitrogens with two attached hydrogens (primary N) is 1. The highest BCUT2D eigenvalue weighted by Gasteiger charge is 2.12. The molecular weight excluding hydrogens is 271 g/mol. The summed E-state index contributed by atoms with van der Waals surface area (Å²) in [6.07, 6.45) is 0. The Balaban J connectivity index is 2.13. The van der Waals surface area contributed by atoms with Crippen LogP contribution in [0, 0.1) is 24.1 Å². The first-order valence-electron chi connectivity index (χ1n) is 6.23. The SMILES string of the molecule is Cc1cc(N)ccc1C(=O)OCc1cc(C#N)ccc1F. The van der Waals surface area contributed by atoms with Gasteiger partial charge in [-0.1, -0.05) is 0 Å². The number of esters is 1. The summed E-state index contributed by atoms with van der Waals surface area (Å²) in [6.45, 7) is 1.51. The van der Waals surface area contributed by atoms with Crippen LogP contribution >= 0.6 is 0 Å². The summed E-state index contributed by atoms with van der Waals surface area (Å²) in [7, 11) is 0. The smallest absolute Gasteiger partial charge is 0.338 e. The van der Waals surface area contributed by atoms with E-state index in [9.17, 15) is 9.18 Å². The van der Waals surface area contributed by atoms with E-state index >= 15 is 0 Å². The van der Waals surface area contributed by atoms with Crippen LogP contribution in [-0.4, -0.2) is 5.97 Å². The maximum Gasteiger partial charge on any atom is 0.338 e. The van der Waals surface area contributed by atoms with Crippen LogP contribution in [-0.2, 0) is 11.3 Å². The number of ether oxygens (including phenoxy) is 1. The van der Waals surface area contributed by atoms with Crippen molar-refractivity contribution in [1.29, 1.82) is 5.26 Å². The third kappa shape index (κ3) is 3.37. The van der Waals surface area contributed by atoms with Gasteiger partial charge in [-0.2, -0.15) is 5.26 Å². The minimum atomic E-state index is -0.561. The highest BCUT2D eigenvalue weighted by molar-refractivity contribution is 5.91. The Morgan fingerprint density at radius 2 is 2.10 bits per heavy atom. The number of carbonyl (C=O) groups is 1. The molecule has 5 heteroatoms. The normalized spacial score (nSPS) is 9.95. The Morgan fingerprint density at radius 1 is 1.33 bits per heavy atom. The Labute approximate surface area is 121 Å². The number of halogens is 1. The number of anilines is 1. The number of nitrogen functional groups attached to an aromatic ring is 1. The number of nitriles is 1. The fourth-order valence-electron chi connectivity index (χ4n) is 1.89. The zero-order valence-corrected chi connectivity index (χ0v) is 11.4. The third-order valence-electron chi connectivity index (χ3n) is 3.00. The molecule has 0 unspecified atom stereocenters. The van der Waals surface area contributed by atoms with Gasteiger partial charge in [0.1, 0.15) is 12.4 Å². The molecule has 0 aromatic heterocycles. The van der Waals surface area contributed by atoms with Gasteiger partial charge in [0.25, 0.3) is 0 Å². The molecule has 106 valence electrons. The predicted octanol–water partition coefficient (Wildman–Crippen LogP) is 2.95. The molecule has 21 heavy (non-hydrogen) atoms. The molecular formula is C16H13FN2O2. The lowest BCUT2D eigenvalue weighted by Crippen LogP contribution is -2.08. The molecule has 0 aliphatic rings. The van der Waals surface area contributed by atoms with Crippen molar-refractivity contribution in [2.24, 2.45) is 0 Å². The van der Waals surface area contributed by atoms with Crippen molar-refractivity contribution in [1.82, 2.24) is 0 Å². The van der Waals surface area contributed by atoms with Crippen molar-refractivity contribution in [3.8, 4) is 6.07 Å². The zero-order chi connectivity index (χ0) is 15.4. The molecule has 0 fully saturated rings. The van der Waals surface area contributed by atoms with Gasteiger partial charge in [-0.15, -0.1) is 0 Å². The number of aryl methyl sites for hydroxylation is 1. The lowest BCUT2D eigenvalue weighted by molar-refractivity contribution is 0.0468. The van der Waals surface area contributed by atoms with Crippen LogP contribution in [0.4, 0.5) is 10.1 Å². The summed E-state index contributed by atoms with van der Waals surface area (Å²) in [4.78, 5) is 12.0. The van der Waals surface area contributed by atoms with E-state index < -0.39 is 11.8 Å². The lowest BCUT2D eigenvalue weighted by atomic mass is 10.1. The average molecular weight is 284 g/mol. The van der Waals surface area contributed by atoms with E-state index in [1.165, 1.54) is 18.2 Å². The third-order valence-corrected chi connectivity index (χ3v) is 3.00. The average Bonchev–Trinajstić information content (AvgIpc) is 2.46. The number of hydrogen-bond donors (Lipinski definition) is 1. The Kier molecular flexibility index (Phi) is 4.19. The summed E-state index contributed by atoms with van der Waals surface area (Å²) in [5.74, 6) is -1.08. The van der Waals surface area contributed by atoms with Gasteiger partial charge in [0.05, 0.1) is 17.2 Å². The van der Waals surface area contributed by atoms with Crippen molar-refractivity contribution in [2.75, 3.05) is 5.73 Å². The second kappa shape index (κ2) is 6.06. The van der Waals surface area contributed by atoms with Crippen molar-refractivity contribution in [2.45, 2.75) is 13.5 Å². The predicted molar refractivity (Wildman–Crippen MR) is 75.8 cm³/mol. The van der Waals surface area contributed by atoms with E-state index in [2.05, 4.69) is 0 Å². The molecule has 2 N–H and O–H groups in total.